The van der Waals surface area contributed by atoms with Crippen LogP contribution in [0.25, 0.3) is 0 Å². The molecule has 0 saturated heterocycles. The van der Waals surface area contributed by atoms with E-state index in [1.165, 1.54) is 4.88 Å². The van der Waals surface area contributed by atoms with Crippen LogP contribution in [-0.2, 0) is 0 Å². The first-order chi connectivity index (χ1) is 7.20. The Kier molecular flexibility index (Phi) is 5.34. The maximum Gasteiger partial charge on any atom is 0.0828 e. The van der Waals surface area contributed by atoms with E-state index in [2.05, 4.69) is 32.2 Å². The third kappa shape index (κ3) is 3.32. The number of aryl methyl sites for hydroxylation is 1. The highest BCUT2D eigenvalue weighted by molar-refractivity contribution is 7.10. The molecule has 1 N–H and O–H groups in total. The second-order valence-corrected chi connectivity index (χ2v) is 5.33. The highest BCUT2D eigenvalue weighted by Gasteiger charge is 2.21. The summed E-state index contributed by atoms with van der Waals surface area (Å²) in [5.41, 5.74) is 1.15. The van der Waals surface area contributed by atoms with Crippen LogP contribution < -0.4 is 0 Å². The quantitative estimate of drug-likeness (QED) is 0.766. The van der Waals surface area contributed by atoms with E-state index in [0.29, 0.717) is 5.92 Å². The van der Waals surface area contributed by atoms with Crippen LogP contribution in [0.4, 0.5) is 0 Å². The van der Waals surface area contributed by atoms with Crippen molar-refractivity contribution < 1.29 is 5.11 Å². The average Bonchev–Trinajstić information content (AvgIpc) is 2.63. The molecule has 1 unspecified atom stereocenters. The lowest BCUT2D eigenvalue weighted by molar-refractivity contribution is 0.0963. The lowest BCUT2D eigenvalue weighted by Gasteiger charge is -2.22. The van der Waals surface area contributed by atoms with Gasteiger partial charge in [0.25, 0.3) is 0 Å². The van der Waals surface area contributed by atoms with Crippen LogP contribution >= 0.6 is 11.3 Å². The van der Waals surface area contributed by atoms with Gasteiger partial charge in [0.05, 0.1) is 6.10 Å². The third-order valence-electron chi connectivity index (χ3n) is 2.98. The molecule has 1 heterocycles. The molecule has 0 aromatic carbocycles. The number of hydrogen-bond donors (Lipinski definition) is 1. The van der Waals surface area contributed by atoms with Gasteiger partial charge in [-0.1, -0.05) is 26.7 Å². The second kappa shape index (κ2) is 6.29. The van der Waals surface area contributed by atoms with Crippen LogP contribution in [0.1, 0.15) is 56.1 Å². The molecular weight excluding hydrogens is 204 g/mol. The Morgan fingerprint density at radius 3 is 2.27 bits per heavy atom. The van der Waals surface area contributed by atoms with Crippen molar-refractivity contribution in [2.24, 2.45) is 5.92 Å². The van der Waals surface area contributed by atoms with Gasteiger partial charge in [0.2, 0.25) is 0 Å². The molecule has 0 radical (unpaired) electrons. The molecule has 0 saturated carbocycles. The smallest absolute Gasteiger partial charge is 0.0828 e. The molecule has 0 fully saturated rings. The van der Waals surface area contributed by atoms with E-state index in [0.717, 1.165) is 31.2 Å². The van der Waals surface area contributed by atoms with E-state index in [1.807, 2.05) is 0 Å². The first kappa shape index (κ1) is 12.7. The minimum atomic E-state index is -0.254. The Bertz CT molecular complexity index is 274. The van der Waals surface area contributed by atoms with Crippen LogP contribution in [0.5, 0.6) is 0 Å². The van der Waals surface area contributed by atoms with E-state index in [4.69, 9.17) is 0 Å². The van der Waals surface area contributed by atoms with Crippen molar-refractivity contribution >= 4 is 11.3 Å². The predicted octanol–water partition coefficient (Wildman–Crippen LogP) is 4.31. The summed E-state index contributed by atoms with van der Waals surface area (Å²) in [6.07, 6.45) is 4.32. The summed E-state index contributed by atoms with van der Waals surface area (Å²) < 4.78 is 0. The molecule has 0 bridgehead atoms. The summed E-state index contributed by atoms with van der Waals surface area (Å²) in [7, 11) is 0. The standard InChI is InChI=1S/C13H22OS/c1-4-6-11(7-5-2)13(14)12-8-9-15-10(12)3/h8-9,11,13-14H,4-7H2,1-3H3. The van der Waals surface area contributed by atoms with Gasteiger partial charge >= 0.3 is 0 Å². The highest BCUT2D eigenvalue weighted by atomic mass is 32.1. The second-order valence-electron chi connectivity index (χ2n) is 4.21. The van der Waals surface area contributed by atoms with Crippen molar-refractivity contribution in [1.29, 1.82) is 0 Å². The average molecular weight is 226 g/mol. The van der Waals surface area contributed by atoms with Crippen molar-refractivity contribution in [3.05, 3.63) is 21.9 Å². The molecule has 2 heteroatoms. The Morgan fingerprint density at radius 2 is 1.87 bits per heavy atom. The lowest BCUT2D eigenvalue weighted by atomic mass is 9.88. The third-order valence-corrected chi connectivity index (χ3v) is 3.84. The molecule has 1 atom stereocenters. The van der Waals surface area contributed by atoms with Crippen molar-refractivity contribution in [3.63, 3.8) is 0 Å². The molecule has 0 aliphatic rings. The molecule has 0 aliphatic heterocycles. The molecule has 86 valence electrons. The fourth-order valence-corrected chi connectivity index (χ4v) is 2.90. The fourth-order valence-electron chi connectivity index (χ4n) is 2.16. The summed E-state index contributed by atoms with van der Waals surface area (Å²) >= 11 is 1.73. The van der Waals surface area contributed by atoms with Gasteiger partial charge in [0, 0.05) is 4.88 Å². The van der Waals surface area contributed by atoms with Gasteiger partial charge in [-0.2, -0.15) is 0 Å². The van der Waals surface area contributed by atoms with Gasteiger partial charge in [0.1, 0.15) is 0 Å². The molecule has 0 amide bonds. The summed E-state index contributed by atoms with van der Waals surface area (Å²) in [6.45, 7) is 6.48. The maximum atomic E-state index is 10.3. The number of thiophene rings is 1. The minimum Gasteiger partial charge on any atom is -0.388 e. The Morgan fingerprint density at radius 1 is 1.27 bits per heavy atom. The SMILES string of the molecule is CCCC(CCC)C(O)c1ccsc1C. The van der Waals surface area contributed by atoms with E-state index >= 15 is 0 Å². The van der Waals surface area contributed by atoms with Crippen molar-refractivity contribution in [2.45, 2.75) is 52.6 Å². The van der Waals surface area contributed by atoms with E-state index in [1.54, 1.807) is 11.3 Å². The molecule has 1 nitrogen and oxygen atoms in total. The van der Waals surface area contributed by atoms with Crippen molar-refractivity contribution in [3.8, 4) is 0 Å². The first-order valence-corrected chi connectivity index (χ1v) is 6.80. The zero-order chi connectivity index (χ0) is 11.3. The zero-order valence-electron chi connectivity index (χ0n) is 9.99. The minimum absolute atomic E-state index is 0.254. The van der Waals surface area contributed by atoms with Crippen LogP contribution in [0.15, 0.2) is 11.4 Å². The molecule has 0 aliphatic carbocycles. The van der Waals surface area contributed by atoms with Crippen molar-refractivity contribution in [2.75, 3.05) is 0 Å². The Labute approximate surface area is 97.2 Å². The Hall–Kier alpha value is -0.340. The fraction of sp³-hybridized carbons (Fsp3) is 0.692. The monoisotopic (exact) mass is 226 g/mol. The normalized spacial score (nSPS) is 13.4. The maximum absolute atomic E-state index is 10.3. The first-order valence-electron chi connectivity index (χ1n) is 5.92. The van der Waals surface area contributed by atoms with Crippen molar-refractivity contribution in [1.82, 2.24) is 0 Å². The number of aliphatic hydroxyl groups is 1. The van der Waals surface area contributed by atoms with Gasteiger partial charge in [-0.05, 0) is 42.7 Å². The molecule has 0 spiro atoms. The van der Waals surface area contributed by atoms with Crippen LogP contribution in [0, 0.1) is 12.8 Å². The number of aliphatic hydroxyl groups excluding tert-OH is 1. The van der Waals surface area contributed by atoms with Gasteiger partial charge in [0.15, 0.2) is 0 Å². The topological polar surface area (TPSA) is 20.2 Å². The highest BCUT2D eigenvalue weighted by Crippen LogP contribution is 2.33. The van der Waals surface area contributed by atoms with E-state index < -0.39 is 0 Å². The summed E-state index contributed by atoms with van der Waals surface area (Å²) in [4.78, 5) is 1.26. The van der Waals surface area contributed by atoms with Gasteiger partial charge in [-0.15, -0.1) is 11.3 Å². The predicted molar refractivity (Wildman–Crippen MR) is 67.3 cm³/mol. The summed E-state index contributed by atoms with van der Waals surface area (Å²) in [5.74, 6) is 0.438. The lowest BCUT2D eigenvalue weighted by Crippen LogP contribution is -2.12. The molecule has 15 heavy (non-hydrogen) atoms. The van der Waals surface area contributed by atoms with Gasteiger partial charge < -0.3 is 5.11 Å². The van der Waals surface area contributed by atoms with Crippen LogP contribution in [-0.4, -0.2) is 5.11 Å². The molecule has 1 rings (SSSR count). The largest absolute Gasteiger partial charge is 0.388 e. The molecule has 1 aromatic rings. The van der Waals surface area contributed by atoms with Crippen LogP contribution in [0.2, 0.25) is 0 Å². The Balaban J connectivity index is 2.71. The van der Waals surface area contributed by atoms with E-state index in [-0.39, 0.29) is 6.10 Å². The zero-order valence-corrected chi connectivity index (χ0v) is 10.8. The van der Waals surface area contributed by atoms with Crippen LogP contribution in [0.3, 0.4) is 0 Å². The number of hydrogen-bond acceptors (Lipinski definition) is 2. The van der Waals surface area contributed by atoms with E-state index in [9.17, 15) is 5.11 Å². The molecular formula is C13H22OS. The summed E-state index contributed by atoms with van der Waals surface area (Å²) in [5, 5.41) is 12.4. The van der Waals surface area contributed by atoms with Gasteiger partial charge in [-0.25, -0.2) is 0 Å². The molecule has 1 aromatic heterocycles. The summed E-state index contributed by atoms with van der Waals surface area (Å²) in [6, 6.07) is 2.07. The number of rotatable bonds is 6. The van der Waals surface area contributed by atoms with Gasteiger partial charge in [-0.3, -0.25) is 0 Å².